The number of thioether (sulfide) groups is 1. The standard InChI is InChI=1S/C11H19BrN2O3S2/c1-4-18-7-8(2)14-19(15,16)10-5-9(6-13-3)17-11(10)12/h5,8,13-14H,4,6-7H2,1-3H3. The summed E-state index contributed by atoms with van der Waals surface area (Å²) < 4.78 is 32.6. The van der Waals surface area contributed by atoms with Crippen LogP contribution in [0.15, 0.2) is 20.0 Å². The van der Waals surface area contributed by atoms with Crippen LogP contribution in [0.4, 0.5) is 0 Å². The Hall–Kier alpha value is -0.0200. The zero-order valence-corrected chi connectivity index (χ0v) is 14.4. The first-order chi connectivity index (χ1) is 8.90. The van der Waals surface area contributed by atoms with Gasteiger partial charge >= 0.3 is 0 Å². The molecular formula is C11H19BrN2O3S2. The van der Waals surface area contributed by atoms with Crippen LogP contribution in [0.1, 0.15) is 19.6 Å². The number of rotatable bonds is 8. The zero-order valence-electron chi connectivity index (χ0n) is 11.2. The molecule has 1 aromatic rings. The molecule has 19 heavy (non-hydrogen) atoms. The van der Waals surface area contributed by atoms with E-state index in [1.165, 1.54) is 6.07 Å². The van der Waals surface area contributed by atoms with Crippen molar-refractivity contribution in [2.24, 2.45) is 0 Å². The van der Waals surface area contributed by atoms with E-state index in [0.29, 0.717) is 12.3 Å². The highest BCUT2D eigenvalue weighted by molar-refractivity contribution is 9.10. The fourth-order valence-corrected chi connectivity index (χ4v) is 4.52. The van der Waals surface area contributed by atoms with E-state index >= 15 is 0 Å². The Morgan fingerprint density at radius 1 is 1.53 bits per heavy atom. The van der Waals surface area contributed by atoms with Gasteiger partial charge in [0.1, 0.15) is 10.7 Å². The van der Waals surface area contributed by atoms with Crippen LogP contribution in [0.25, 0.3) is 0 Å². The Morgan fingerprint density at radius 2 is 2.21 bits per heavy atom. The summed E-state index contributed by atoms with van der Waals surface area (Å²) in [5, 5.41) is 2.91. The minimum atomic E-state index is -3.55. The molecule has 1 aromatic heterocycles. The predicted octanol–water partition coefficient (Wildman–Crippen LogP) is 2.18. The lowest BCUT2D eigenvalue weighted by atomic mass is 10.4. The van der Waals surface area contributed by atoms with Crippen molar-refractivity contribution in [1.29, 1.82) is 0 Å². The molecule has 110 valence electrons. The Morgan fingerprint density at radius 3 is 2.79 bits per heavy atom. The van der Waals surface area contributed by atoms with E-state index < -0.39 is 10.0 Å². The van der Waals surface area contributed by atoms with E-state index in [1.807, 2.05) is 13.8 Å². The molecule has 0 radical (unpaired) electrons. The van der Waals surface area contributed by atoms with Gasteiger partial charge in [-0.1, -0.05) is 6.92 Å². The maximum atomic E-state index is 12.2. The highest BCUT2D eigenvalue weighted by Gasteiger charge is 2.24. The van der Waals surface area contributed by atoms with Gasteiger partial charge in [-0.05, 0) is 35.7 Å². The number of hydrogen-bond donors (Lipinski definition) is 2. The molecule has 0 aliphatic rings. The van der Waals surface area contributed by atoms with Crippen molar-refractivity contribution < 1.29 is 12.8 Å². The van der Waals surface area contributed by atoms with Crippen molar-refractivity contribution in [2.45, 2.75) is 31.3 Å². The van der Waals surface area contributed by atoms with Gasteiger partial charge in [0.05, 0.1) is 6.54 Å². The van der Waals surface area contributed by atoms with Gasteiger partial charge in [-0.25, -0.2) is 13.1 Å². The van der Waals surface area contributed by atoms with Crippen LogP contribution in [0.3, 0.4) is 0 Å². The molecular weight excluding hydrogens is 352 g/mol. The molecule has 0 saturated carbocycles. The van der Waals surface area contributed by atoms with Crippen LogP contribution < -0.4 is 10.0 Å². The summed E-state index contributed by atoms with van der Waals surface area (Å²) in [4.78, 5) is 0.145. The number of nitrogens with one attached hydrogen (secondary N) is 2. The molecule has 0 aromatic carbocycles. The van der Waals surface area contributed by atoms with Crippen LogP contribution in [-0.4, -0.2) is 33.0 Å². The van der Waals surface area contributed by atoms with Crippen LogP contribution in [0, 0.1) is 0 Å². The predicted molar refractivity (Wildman–Crippen MR) is 82.0 cm³/mol. The summed E-state index contributed by atoms with van der Waals surface area (Å²) in [5.74, 6) is 2.29. The monoisotopic (exact) mass is 370 g/mol. The Kier molecular flexibility index (Phi) is 6.89. The topological polar surface area (TPSA) is 71.3 Å². The highest BCUT2D eigenvalue weighted by atomic mass is 79.9. The van der Waals surface area contributed by atoms with E-state index in [2.05, 4.69) is 26.0 Å². The number of furan rings is 1. The Bertz CT molecular complexity index is 502. The average Bonchev–Trinajstić information content (AvgIpc) is 2.68. The first-order valence-electron chi connectivity index (χ1n) is 5.93. The van der Waals surface area contributed by atoms with E-state index in [1.54, 1.807) is 18.8 Å². The fraction of sp³-hybridized carbons (Fsp3) is 0.636. The second-order valence-electron chi connectivity index (χ2n) is 4.06. The molecule has 0 spiro atoms. The van der Waals surface area contributed by atoms with Gasteiger partial charge < -0.3 is 9.73 Å². The molecule has 0 bridgehead atoms. The number of sulfonamides is 1. The number of hydrogen-bond acceptors (Lipinski definition) is 5. The van der Waals surface area contributed by atoms with Crippen LogP contribution in [0.5, 0.6) is 0 Å². The first kappa shape index (κ1) is 17.0. The lowest BCUT2D eigenvalue weighted by Crippen LogP contribution is -2.34. The summed E-state index contributed by atoms with van der Waals surface area (Å²) in [6, 6.07) is 1.41. The van der Waals surface area contributed by atoms with Gasteiger partial charge in [0.15, 0.2) is 4.67 Å². The molecule has 0 saturated heterocycles. The summed E-state index contributed by atoms with van der Waals surface area (Å²) in [5.41, 5.74) is 0. The van der Waals surface area contributed by atoms with Crippen LogP contribution in [-0.2, 0) is 16.6 Å². The van der Waals surface area contributed by atoms with Crippen molar-refractivity contribution in [3.05, 3.63) is 16.5 Å². The Labute approximate surface area is 127 Å². The van der Waals surface area contributed by atoms with Gasteiger partial charge in [0, 0.05) is 17.9 Å². The smallest absolute Gasteiger partial charge is 0.245 e. The van der Waals surface area contributed by atoms with Gasteiger partial charge in [-0.15, -0.1) is 0 Å². The third kappa shape index (κ3) is 5.11. The molecule has 1 unspecified atom stereocenters. The molecule has 2 N–H and O–H groups in total. The normalized spacial score (nSPS) is 13.7. The summed E-state index contributed by atoms with van der Waals surface area (Å²) >= 11 is 4.84. The lowest BCUT2D eigenvalue weighted by molar-refractivity contribution is 0.470. The van der Waals surface area contributed by atoms with Crippen LogP contribution in [0.2, 0.25) is 0 Å². The van der Waals surface area contributed by atoms with Crippen molar-refractivity contribution >= 4 is 37.7 Å². The molecule has 0 fully saturated rings. The van der Waals surface area contributed by atoms with Gasteiger partial charge in [0.25, 0.3) is 0 Å². The van der Waals surface area contributed by atoms with E-state index in [4.69, 9.17) is 4.42 Å². The molecule has 1 atom stereocenters. The molecule has 0 aliphatic heterocycles. The number of halogens is 1. The maximum absolute atomic E-state index is 12.2. The van der Waals surface area contributed by atoms with E-state index in [-0.39, 0.29) is 15.6 Å². The van der Waals surface area contributed by atoms with Crippen molar-refractivity contribution in [2.75, 3.05) is 18.6 Å². The molecule has 5 nitrogen and oxygen atoms in total. The SMILES string of the molecule is CCSCC(C)NS(=O)(=O)c1cc(CNC)oc1Br. The molecule has 0 aliphatic carbocycles. The van der Waals surface area contributed by atoms with E-state index in [0.717, 1.165) is 11.5 Å². The molecule has 8 heteroatoms. The van der Waals surface area contributed by atoms with Gasteiger partial charge in [0.2, 0.25) is 10.0 Å². The summed E-state index contributed by atoms with van der Waals surface area (Å²) in [7, 11) is -1.78. The summed E-state index contributed by atoms with van der Waals surface area (Å²) in [6.45, 7) is 4.38. The second-order valence-corrected chi connectivity index (χ2v) is 7.78. The quantitative estimate of drug-likeness (QED) is 0.733. The largest absolute Gasteiger partial charge is 0.452 e. The molecule has 1 rings (SSSR count). The fourth-order valence-electron chi connectivity index (χ4n) is 1.50. The minimum Gasteiger partial charge on any atom is -0.452 e. The summed E-state index contributed by atoms with van der Waals surface area (Å²) in [6.07, 6.45) is 0. The Balaban J connectivity index is 2.82. The minimum absolute atomic E-state index is 0.121. The van der Waals surface area contributed by atoms with E-state index in [9.17, 15) is 8.42 Å². The van der Waals surface area contributed by atoms with Crippen molar-refractivity contribution in [1.82, 2.24) is 10.0 Å². The third-order valence-electron chi connectivity index (χ3n) is 2.28. The molecule has 0 amide bonds. The van der Waals surface area contributed by atoms with Crippen molar-refractivity contribution in [3.63, 3.8) is 0 Å². The maximum Gasteiger partial charge on any atom is 0.245 e. The van der Waals surface area contributed by atoms with Crippen LogP contribution >= 0.6 is 27.7 Å². The highest BCUT2D eigenvalue weighted by Crippen LogP contribution is 2.26. The first-order valence-corrected chi connectivity index (χ1v) is 9.36. The van der Waals surface area contributed by atoms with Crippen molar-refractivity contribution in [3.8, 4) is 0 Å². The molecule has 1 heterocycles. The zero-order chi connectivity index (χ0) is 14.5. The lowest BCUT2D eigenvalue weighted by Gasteiger charge is -2.12. The van der Waals surface area contributed by atoms with Gasteiger partial charge in [-0.3, -0.25) is 0 Å². The van der Waals surface area contributed by atoms with Gasteiger partial charge in [-0.2, -0.15) is 11.8 Å². The second kappa shape index (κ2) is 7.68. The average molecular weight is 371 g/mol. The third-order valence-corrected chi connectivity index (χ3v) is 5.87.